The van der Waals surface area contributed by atoms with Crippen LogP contribution < -0.4 is 15.0 Å². The summed E-state index contributed by atoms with van der Waals surface area (Å²) >= 11 is 12.4. The number of carbonyl (C=O) groups is 2. The molecule has 31 heavy (non-hydrogen) atoms. The van der Waals surface area contributed by atoms with E-state index in [1.165, 1.54) is 13.2 Å². The quantitative estimate of drug-likeness (QED) is 0.503. The summed E-state index contributed by atoms with van der Waals surface area (Å²) in [6.07, 6.45) is 0. The number of hydrogen-bond acceptors (Lipinski definition) is 4. The average molecular weight is 453 g/mol. The first-order chi connectivity index (χ1) is 14.9. The van der Waals surface area contributed by atoms with E-state index in [2.05, 4.69) is 5.32 Å². The lowest BCUT2D eigenvalue weighted by atomic mass is 10.0. The van der Waals surface area contributed by atoms with Crippen LogP contribution >= 0.6 is 23.2 Å². The summed E-state index contributed by atoms with van der Waals surface area (Å²) in [6, 6.07) is 19.2. The van der Waals surface area contributed by atoms with Crippen molar-refractivity contribution in [3.63, 3.8) is 0 Å². The molecule has 4 rings (SSSR count). The van der Waals surface area contributed by atoms with Gasteiger partial charge >= 0.3 is 0 Å². The van der Waals surface area contributed by atoms with E-state index in [1.807, 2.05) is 25.1 Å². The van der Waals surface area contributed by atoms with Gasteiger partial charge in [0.1, 0.15) is 11.4 Å². The van der Waals surface area contributed by atoms with Crippen LogP contribution in [0, 0.1) is 6.92 Å². The summed E-state index contributed by atoms with van der Waals surface area (Å²) in [5.41, 5.74) is 2.71. The molecule has 1 heterocycles. The minimum absolute atomic E-state index is 0.156. The van der Waals surface area contributed by atoms with Crippen LogP contribution in [0.2, 0.25) is 10.0 Å². The highest BCUT2D eigenvalue weighted by Gasteiger charge is 2.41. The second-order valence-corrected chi connectivity index (χ2v) is 7.76. The molecule has 0 bridgehead atoms. The molecule has 1 aliphatic rings. The molecule has 156 valence electrons. The van der Waals surface area contributed by atoms with Crippen molar-refractivity contribution in [1.29, 1.82) is 0 Å². The zero-order chi connectivity index (χ0) is 22.1. The Labute approximate surface area is 189 Å². The molecular weight excluding hydrogens is 435 g/mol. The molecule has 5 nitrogen and oxygen atoms in total. The van der Waals surface area contributed by atoms with Gasteiger partial charge in [-0.05, 0) is 48.4 Å². The van der Waals surface area contributed by atoms with Crippen LogP contribution in [0.15, 0.2) is 72.4 Å². The van der Waals surface area contributed by atoms with Crippen LogP contribution in [0.1, 0.15) is 11.1 Å². The van der Waals surface area contributed by atoms with Gasteiger partial charge in [0, 0.05) is 15.7 Å². The summed E-state index contributed by atoms with van der Waals surface area (Å²) < 4.78 is 5.38. The Hall–Kier alpha value is -3.28. The summed E-state index contributed by atoms with van der Waals surface area (Å²) in [7, 11) is 1.47. The Balaban J connectivity index is 1.88. The molecule has 7 heteroatoms. The SMILES string of the molecule is COc1ccc(Cl)cc1N1C(=O)C(Nc2cccc(Cl)c2C)=C(c2ccccc2)C1=O. The van der Waals surface area contributed by atoms with Crippen molar-refractivity contribution in [2.75, 3.05) is 17.3 Å². The van der Waals surface area contributed by atoms with E-state index >= 15 is 0 Å². The van der Waals surface area contributed by atoms with Crippen molar-refractivity contribution >= 4 is 52.0 Å². The van der Waals surface area contributed by atoms with Crippen molar-refractivity contribution in [3.05, 3.63) is 93.6 Å². The fourth-order valence-electron chi connectivity index (χ4n) is 3.45. The number of nitrogens with one attached hydrogen (secondary N) is 1. The zero-order valence-corrected chi connectivity index (χ0v) is 18.3. The standard InChI is InChI=1S/C24H18Cl2N2O3/c1-14-17(26)9-6-10-18(14)27-22-21(15-7-4-3-5-8-15)23(29)28(24(22)30)19-13-16(25)11-12-20(19)31-2/h3-13,27H,1-2H3. The van der Waals surface area contributed by atoms with Crippen LogP contribution in [0.5, 0.6) is 5.75 Å². The molecule has 3 aromatic carbocycles. The fraction of sp³-hybridized carbons (Fsp3) is 0.0833. The van der Waals surface area contributed by atoms with Crippen LogP contribution in [-0.2, 0) is 9.59 Å². The van der Waals surface area contributed by atoms with Gasteiger partial charge in [0.25, 0.3) is 11.8 Å². The largest absolute Gasteiger partial charge is 0.495 e. The first kappa shape index (κ1) is 21.0. The number of anilines is 2. The number of hydrogen-bond donors (Lipinski definition) is 1. The maximum atomic E-state index is 13.5. The average Bonchev–Trinajstić information content (AvgIpc) is 3.01. The van der Waals surface area contributed by atoms with Gasteiger partial charge in [-0.2, -0.15) is 0 Å². The second kappa shape index (κ2) is 8.46. The molecule has 0 saturated heterocycles. The predicted octanol–water partition coefficient (Wildman–Crippen LogP) is 5.71. The number of amides is 2. The highest BCUT2D eigenvalue weighted by Crippen LogP contribution is 2.39. The summed E-state index contributed by atoms with van der Waals surface area (Å²) in [6.45, 7) is 1.84. The van der Waals surface area contributed by atoms with Crippen molar-refractivity contribution in [2.24, 2.45) is 0 Å². The smallest absolute Gasteiger partial charge is 0.282 e. The van der Waals surface area contributed by atoms with Crippen molar-refractivity contribution in [2.45, 2.75) is 6.92 Å². The topological polar surface area (TPSA) is 58.6 Å². The molecule has 1 aliphatic heterocycles. The number of halogens is 2. The third-order valence-corrected chi connectivity index (χ3v) is 5.70. The predicted molar refractivity (Wildman–Crippen MR) is 124 cm³/mol. The van der Waals surface area contributed by atoms with Gasteiger partial charge in [-0.3, -0.25) is 9.59 Å². The molecule has 0 fully saturated rings. The lowest BCUT2D eigenvalue weighted by Gasteiger charge is -2.19. The fourth-order valence-corrected chi connectivity index (χ4v) is 3.79. The first-order valence-corrected chi connectivity index (χ1v) is 10.2. The van der Waals surface area contributed by atoms with Gasteiger partial charge in [0.15, 0.2) is 0 Å². The van der Waals surface area contributed by atoms with Gasteiger partial charge in [-0.25, -0.2) is 4.90 Å². The Kier molecular flexibility index (Phi) is 5.72. The Bertz CT molecular complexity index is 1220. The number of nitrogens with zero attached hydrogens (tertiary/aromatic N) is 1. The molecule has 0 unspecified atom stereocenters. The lowest BCUT2D eigenvalue weighted by molar-refractivity contribution is -0.120. The molecule has 0 aromatic heterocycles. The third-order valence-electron chi connectivity index (χ3n) is 5.06. The molecular formula is C24H18Cl2N2O3. The van der Waals surface area contributed by atoms with E-state index in [9.17, 15) is 9.59 Å². The van der Waals surface area contributed by atoms with Gasteiger partial charge < -0.3 is 10.1 Å². The van der Waals surface area contributed by atoms with Crippen molar-refractivity contribution in [1.82, 2.24) is 0 Å². The second-order valence-electron chi connectivity index (χ2n) is 6.92. The molecule has 2 amide bonds. The van der Waals surface area contributed by atoms with E-state index in [4.69, 9.17) is 27.9 Å². The van der Waals surface area contributed by atoms with Crippen molar-refractivity contribution in [3.8, 4) is 5.75 Å². The number of benzene rings is 3. The maximum absolute atomic E-state index is 13.5. The minimum atomic E-state index is -0.510. The molecule has 0 radical (unpaired) electrons. The highest BCUT2D eigenvalue weighted by molar-refractivity contribution is 6.46. The van der Waals surface area contributed by atoms with Crippen LogP contribution in [-0.4, -0.2) is 18.9 Å². The minimum Gasteiger partial charge on any atom is -0.495 e. The van der Waals surface area contributed by atoms with Gasteiger partial charge in [-0.15, -0.1) is 0 Å². The molecule has 0 atom stereocenters. The molecule has 0 aliphatic carbocycles. The van der Waals surface area contributed by atoms with Gasteiger partial charge in [-0.1, -0.05) is 59.6 Å². The normalized spacial score (nSPS) is 13.7. The maximum Gasteiger partial charge on any atom is 0.282 e. The van der Waals surface area contributed by atoms with Crippen LogP contribution in [0.25, 0.3) is 5.57 Å². The molecule has 0 saturated carbocycles. The summed E-state index contributed by atoms with van der Waals surface area (Å²) in [5, 5.41) is 4.07. The van der Waals surface area contributed by atoms with Crippen LogP contribution in [0.3, 0.4) is 0 Å². The van der Waals surface area contributed by atoms with Gasteiger partial charge in [0.2, 0.25) is 0 Å². The van der Waals surface area contributed by atoms with E-state index in [0.29, 0.717) is 27.0 Å². The Morgan fingerprint density at radius 2 is 1.65 bits per heavy atom. The van der Waals surface area contributed by atoms with E-state index in [-0.39, 0.29) is 17.0 Å². The van der Waals surface area contributed by atoms with Crippen molar-refractivity contribution < 1.29 is 14.3 Å². The molecule has 0 spiro atoms. The van der Waals surface area contributed by atoms with E-state index in [0.717, 1.165) is 10.5 Å². The third kappa shape index (κ3) is 3.78. The number of ether oxygens (including phenoxy) is 1. The summed E-state index contributed by atoms with van der Waals surface area (Å²) in [4.78, 5) is 28.1. The highest BCUT2D eigenvalue weighted by atomic mass is 35.5. The molecule has 1 N–H and O–H groups in total. The summed E-state index contributed by atoms with van der Waals surface area (Å²) in [5.74, 6) is -0.624. The van der Waals surface area contributed by atoms with Crippen LogP contribution in [0.4, 0.5) is 11.4 Å². The Morgan fingerprint density at radius 3 is 2.35 bits per heavy atom. The monoisotopic (exact) mass is 452 g/mol. The van der Waals surface area contributed by atoms with E-state index < -0.39 is 11.8 Å². The first-order valence-electron chi connectivity index (χ1n) is 9.46. The van der Waals surface area contributed by atoms with E-state index in [1.54, 1.807) is 42.5 Å². The lowest BCUT2D eigenvalue weighted by Crippen LogP contribution is -2.32. The number of carbonyl (C=O) groups excluding carboxylic acids is 2. The Morgan fingerprint density at radius 1 is 0.903 bits per heavy atom. The number of rotatable bonds is 5. The molecule has 3 aromatic rings. The zero-order valence-electron chi connectivity index (χ0n) is 16.8. The number of methoxy groups -OCH3 is 1. The van der Waals surface area contributed by atoms with Gasteiger partial charge in [0.05, 0.1) is 18.4 Å². The number of imide groups is 1.